The molecule has 1 atom stereocenters. The highest BCUT2D eigenvalue weighted by Crippen LogP contribution is 2.06. The molecule has 0 spiro atoms. The maximum Gasteiger partial charge on any atom is 0.118 e. The van der Waals surface area contributed by atoms with Crippen LogP contribution in [0.4, 0.5) is 0 Å². The van der Waals surface area contributed by atoms with Crippen LogP contribution in [0.25, 0.3) is 0 Å². The van der Waals surface area contributed by atoms with E-state index in [9.17, 15) is 0 Å². The lowest BCUT2D eigenvalue weighted by atomic mass is 10.2. The van der Waals surface area contributed by atoms with Gasteiger partial charge in [0.2, 0.25) is 0 Å². The average molecular weight is 333 g/mol. The van der Waals surface area contributed by atoms with Crippen LogP contribution in [-0.4, -0.2) is 22.4 Å². The molecule has 0 aromatic heterocycles. The molecule has 2 aromatic rings. The number of aryl methyl sites for hydroxylation is 2. The molecule has 0 saturated heterocycles. The van der Waals surface area contributed by atoms with Crippen molar-refractivity contribution in [3.05, 3.63) is 53.6 Å². The molecule has 2 aromatic carbocycles. The summed E-state index contributed by atoms with van der Waals surface area (Å²) in [5.41, 5.74) is 3.52. The molecule has 1 unspecified atom stereocenters. The first-order valence-corrected chi connectivity index (χ1v) is 13.6. The molecule has 0 aliphatic heterocycles. The summed E-state index contributed by atoms with van der Waals surface area (Å²) in [4.78, 5) is 0. The van der Waals surface area contributed by atoms with Crippen LogP contribution < -0.4 is 15.6 Å². The van der Waals surface area contributed by atoms with Gasteiger partial charge in [0.05, 0.1) is 8.07 Å². The second-order valence-corrected chi connectivity index (χ2v) is 15.7. The van der Waals surface area contributed by atoms with E-state index in [1.807, 2.05) is 0 Å². The molecule has 21 heavy (non-hydrogen) atoms. The second kappa shape index (κ2) is 6.51. The summed E-state index contributed by atoms with van der Waals surface area (Å²) < 4.78 is 0. The van der Waals surface area contributed by atoms with Gasteiger partial charge >= 0.3 is 0 Å². The number of halogens is 1. The third kappa shape index (κ3) is 3.88. The quantitative estimate of drug-likeness (QED) is 0.596. The van der Waals surface area contributed by atoms with E-state index in [0.29, 0.717) is 0 Å². The minimum atomic E-state index is -1.31. The zero-order valence-electron chi connectivity index (χ0n) is 13.7. The van der Waals surface area contributed by atoms with E-state index in [2.05, 4.69) is 76.0 Å². The summed E-state index contributed by atoms with van der Waals surface area (Å²) in [7, 11) is -2.60. The molecular formula is C18H25ClSi2. The van der Waals surface area contributed by atoms with Gasteiger partial charge < -0.3 is 0 Å². The van der Waals surface area contributed by atoms with E-state index in [1.165, 1.54) is 21.5 Å². The summed E-state index contributed by atoms with van der Waals surface area (Å²) in [5, 5.41) is 4.53. The van der Waals surface area contributed by atoms with Crippen molar-refractivity contribution in [1.82, 2.24) is 0 Å². The molecule has 0 nitrogen and oxygen atoms in total. The Balaban J connectivity index is 2.53. The van der Waals surface area contributed by atoms with Crippen LogP contribution in [0, 0.1) is 13.8 Å². The SMILES string of the molecule is Cc1cc([SiH](CCl)c2ccccc2C)cc([Si](C)(C)C)c1. The smallest absolute Gasteiger partial charge is 0.118 e. The van der Waals surface area contributed by atoms with Crippen LogP contribution in [0.2, 0.25) is 19.6 Å². The van der Waals surface area contributed by atoms with Crippen LogP contribution in [0.15, 0.2) is 42.5 Å². The Morgan fingerprint density at radius 3 is 2.24 bits per heavy atom. The first-order valence-electron chi connectivity index (χ1n) is 7.56. The van der Waals surface area contributed by atoms with Crippen LogP contribution in [0.3, 0.4) is 0 Å². The van der Waals surface area contributed by atoms with Crippen molar-refractivity contribution in [2.45, 2.75) is 33.5 Å². The summed E-state index contributed by atoms with van der Waals surface area (Å²) in [6, 6.07) is 15.9. The van der Waals surface area contributed by atoms with E-state index >= 15 is 0 Å². The van der Waals surface area contributed by atoms with Crippen LogP contribution in [0.5, 0.6) is 0 Å². The molecule has 3 heteroatoms. The van der Waals surface area contributed by atoms with E-state index in [0.717, 1.165) is 5.50 Å². The van der Waals surface area contributed by atoms with Gasteiger partial charge in [-0.2, -0.15) is 0 Å². The number of rotatable bonds is 4. The lowest BCUT2D eigenvalue weighted by Gasteiger charge is -2.22. The third-order valence-electron chi connectivity index (χ3n) is 4.09. The van der Waals surface area contributed by atoms with Crippen molar-refractivity contribution in [2.24, 2.45) is 0 Å². The zero-order chi connectivity index (χ0) is 15.6. The number of alkyl halides is 1. The predicted octanol–water partition coefficient (Wildman–Crippen LogP) is 2.97. The molecule has 0 aliphatic carbocycles. The Hall–Kier alpha value is -0.836. The predicted molar refractivity (Wildman–Crippen MR) is 102 cm³/mol. The molecule has 0 aliphatic rings. The Morgan fingerprint density at radius 2 is 1.67 bits per heavy atom. The summed E-state index contributed by atoms with van der Waals surface area (Å²) >= 11 is 6.40. The third-order valence-corrected chi connectivity index (χ3v) is 9.88. The van der Waals surface area contributed by atoms with Crippen molar-refractivity contribution in [3.8, 4) is 0 Å². The van der Waals surface area contributed by atoms with E-state index in [1.54, 1.807) is 5.19 Å². The van der Waals surface area contributed by atoms with Gasteiger partial charge in [0.25, 0.3) is 0 Å². The highest BCUT2D eigenvalue weighted by atomic mass is 35.5. The fraction of sp³-hybridized carbons (Fsp3) is 0.333. The normalized spacial score (nSPS) is 13.2. The van der Waals surface area contributed by atoms with Crippen molar-refractivity contribution >= 4 is 44.0 Å². The molecule has 0 fully saturated rings. The minimum Gasteiger partial charge on any atom is -0.130 e. The number of hydrogen-bond donors (Lipinski definition) is 0. The van der Waals surface area contributed by atoms with Crippen LogP contribution >= 0.6 is 11.6 Å². The molecule has 0 heterocycles. The van der Waals surface area contributed by atoms with Crippen molar-refractivity contribution < 1.29 is 0 Å². The van der Waals surface area contributed by atoms with Gasteiger partial charge in [-0.3, -0.25) is 0 Å². The van der Waals surface area contributed by atoms with Gasteiger partial charge in [-0.25, -0.2) is 0 Å². The molecule has 2 rings (SSSR count). The highest BCUT2D eigenvalue weighted by molar-refractivity contribution is 6.92. The maximum absolute atomic E-state index is 6.40. The first-order chi connectivity index (χ1) is 9.82. The van der Waals surface area contributed by atoms with Gasteiger partial charge in [-0.1, -0.05) is 88.8 Å². The minimum absolute atomic E-state index is 0.763. The molecule has 112 valence electrons. The highest BCUT2D eigenvalue weighted by Gasteiger charge is 2.22. The average Bonchev–Trinajstić information content (AvgIpc) is 2.40. The van der Waals surface area contributed by atoms with Crippen LogP contribution in [-0.2, 0) is 0 Å². The Morgan fingerprint density at radius 1 is 1.00 bits per heavy atom. The zero-order valence-corrected chi connectivity index (χ0v) is 16.6. The molecule has 0 N–H and O–H groups in total. The van der Waals surface area contributed by atoms with Crippen LogP contribution in [0.1, 0.15) is 11.1 Å². The van der Waals surface area contributed by atoms with E-state index in [-0.39, 0.29) is 0 Å². The molecule has 0 radical (unpaired) electrons. The van der Waals surface area contributed by atoms with Gasteiger partial charge in [-0.05, 0) is 13.8 Å². The maximum atomic E-state index is 6.40. The fourth-order valence-electron chi connectivity index (χ4n) is 2.78. The Kier molecular flexibility index (Phi) is 5.13. The molecule has 0 bridgehead atoms. The number of hydrogen-bond acceptors (Lipinski definition) is 0. The topological polar surface area (TPSA) is 0 Å². The van der Waals surface area contributed by atoms with E-state index < -0.39 is 16.9 Å². The van der Waals surface area contributed by atoms with Gasteiger partial charge in [0.1, 0.15) is 8.80 Å². The largest absolute Gasteiger partial charge is 0.130 e. The van der Waals surface area contributed by atoms with Gasteiger partial charge in [0, 0.05) is 5.50 Å². The summed E-state index contributed by atoms with van der Waals surface area (Å²) in [5.74, 6) is 0. The van der Waals surface area contributed by atoms with Gasteiger partial charge in [0.15, 0.2) is 0 Å². The van der Waals surface area contributed by atoms with Crippen molar-refractivity contribution in [2.75, 3.05) is 5.50 Å². The van der Waals surface area contributed by atoms with Crippen molar-refractivity contribution in [1.29, 1.82) is 0 Å². The first kappa shape index (κ1) is 16.5. The summed E-state index contributed by atoms with van der Waals surface area (Å²) in [6.07, 6.45) is 0. The molecule has 0 saturated carbocycles. The fourth-order valence-corrected chi connectivity index (χ4v) is 7.77. The number of benzene rings is 2. The summed E-state index contributed by atoms with van der Waals surface area (Å²) in [6.45, 7) is 11.7. The lowest BCUT2D eigenvalue weighted by molar-refractivity contribution is 1.49. The molecule has 0 amide bonds. The van der Waals surface area contributed by atoms with E-state index in [4.69, 9.17) is 11.6 Å². The molecular weight excluding hydrogens is 308 g/mol. The Labute approximate surface area is 136 Å². The lowest BCUT2D eigenvalue weighted by Crippen LogP contribution is -2.49. The standard InChI is InChI=1S/C18H25ClSi2/c1-14-10-16(12-17(11-14)21(3,4)5)20(13-19)18-9-7-6-8-15(18)2/h6-12,20H,13H2,1-5H3. The Bertz CT molecular complexity index is 629. The monoisotopic (exact) mass is 332 g/mol. The van der Waals surface area contributed by atoms with Gasteiger partial charge in [-0.15, -0.1) is 11.6 Å². The second-order valence-electron chi connectivity index (χ2n) is 6.95. The van der Waals surface area contributed by atoms with Crippen molar-refractivity contribution in [3.63, 3.8) is 0 Å².